The van der Waals surface area contributed by atoms with E-state index in [1.165, 1.54) is 44.9 Å². The van der Waals surface area contributed by atoms with E-state index >= 15 is 0 Å². The molecular formula is C13H30O. The average Bonchev–Trinajstić information content (AvgIpc) is 2.18. The molecule has 0 rings (SSSR count). The summed E-state index contributed by atoms with van der Waals surface area (Å²) in [6.45, 7) is 10.6. The first-order valence-corrected chi connectivity index (χ1v) is 6.41. The SMILES string of the molecule is CCC.CCCCCOCCCCC. The summed E-state index contributed by atoms with van der Waals surface area (Å²) in [7, 11) is 0. The van der Waals surface area contributed by atoms with E-state index in [1.54, 1.807) is 0 Å². The van der Waals surface area contributed by atoms with Crippen LogP contribution >= 0.6 is 0 Å². The van der Waals surface area contributed by atoms with Crippen LogP contribution < -0.4 is 0 Å². The Morgan fingerprint density at radius 2 is 1.00 bits per heavy atom. The zero-order valence-electron chi connectivity index (χ0n) is 10.8. The second-order valence-electron chi connectivity index (χ2n) is 3.73. The van der Waals surface area contributed by atoms with E-state index in [1.807, 2.05) is 0 Å². The Labute approximate surface area is 91.2 Å². The average molecular weight is 202 g/mol. The minimum atomic E-state index is 0.970. The molecule has 14 heavy (non-hydrogen) atoms. The summed E-state index contributed by atoms with van der Waals surface area (Å²) in [5, 5.41) is 0. The third-order valence-corrected chi connectivity index (χ3v) is 1.78. The topological polar surface area (TPSA) is 9.23 Å². The van der Waals surface area contributed by atoms with Crippen LogP contribution in [0.4, 0.5) is 0 Å². The zero-order valence-corrected chi connectivity index (χ0v) is 10.8. The molecule has 0 amide bonds. The lowest BCUT2D eigenvalue weighted by Crippen LogP contribution is -1.96. The molecule has 0 saturated carbocycles. The number of ether oxygens (including phenoxy) is 1. The number of unbranched alkanes of at least 4 members (excludes halogenated alkanes) is 4. The highest BCUT2D eigenvalue weighted by Gasteiger charge is 1.88. The van der Waals surface area contributed by atoms with Gasteiger partial charge in [-0.3, -0.25) is 0 Å². The smallest absolute Gasteiger partial charge is 0.0466 e. The van der Waals surface area contributed by atoms with Crippen LogP contribution in [0.25, 0.3) is 0 Å². The number of hydrogen-bond acceptors (Lipinski definition) is 1. The first-order chi connectivity index (χ1) is 6.83. The molecule has 0 atom stereocenters. The molecule has 0 radical (unpaired) electrons. The Morgan fingerprint density at radius 1 is 0.643 bits per heavy atom. The van der Waals surface area contributed by atoms with Crippen LogP contribution in [-0.2, 0) is 4.74 Å². The summed E-state index contributed by atoms with van der Waals surface area (Å²) < 4.78 is 5.44. The minimum absolute atomic E-state index is 0.970. The molecule has 0 saturated heterocycles. The maximum Gasteiger partial charge on any atom is 0.0466 e. The molecular weight excluding hydrogens is 172 g/mol. The maximum absolute atomic E-state index is 5.44. The lowest BCUT2D eigenvalue weighted by molar-refractivity contribution is 0.126. The highest BCUT2D eigenvalue weighted by molar-refractivity contribution is 4.38. The number of rotatable bonds is 8. The van der Waals surface area contributed by atoms with Crippen molar-refractivity contribution >= 4 is 0 Å². The van der Waals surface area contributed by atoms with E-state index in [0.717, 1.165) is 13.2 Å². The fourth-order valence-electron chi connectivity index (χ4n) is 1.01. The molecule has 0 unspecified atom stereocenters. The van der Waals surface area contributed by atoms with Crippen molar-refractivity contribution in [2.24, 2.45) is 0 Å². The third kappa shape index (κ3) is 22.7. The van der Waals surface area contributed by atoms with Crippen molar-refractivity contribution < 1.29 is 4.74 Å². The van der Waals surface area contributed by atoms with E-state index < -0.39 is 0 Å². The Kier molecular flexibility index (Phi) is 21.9. The van der Waals surface area contributed by atoms with Crippen LogP contribution in [0.5, 0.6) is 0 Å². The van der Waals surface area contributed by atoms with Crippen molar-refractivity contribution in [3.05, 3.63) is 0 Å². The van der Waals surface area contributed by atoms with Gasteiger partial charge >= 0.3 is 0 Å². The highest BCUT2D eigenvalue weighted by Crippen LogP contribution is 1.97. The summed E-state index contributed by atoms with van der Waals surface area (Å²) in [4.78, 5) is 0. The van der Waals surface area contributed by atoms with Crippen molar-refractivity contribution in [2.45, 2.75) is 72.6 Å². The molecule has 0 aromatic rings. The Balaban J connectivity index is 0. The first-order valence-electron chi connectivity index (χ1n) is 6.41. The molecule has 0 N–H and O–H groups in total. The molecule has 0 aliphatic rings. The van der Waals surface area contributed by atoms with Gasteiger partial charge in [-0.15, -0.1) is 0 Å². The molecule has 0 aliphatic heterocycles. The van der Waals surface area contributed by atoms with Gasteiger partial charge in [0, 0.05) is 13.2 Å². The van der Waals surface area contributed by atoms with Gasteiger partial charge in [-0.2, -0.15) is 0 Å². The monoisotopic (exact) mass is 202 g/mol. The third-order valence-electron chi connectivity index (χ3n) is 1.78. The van der Waals surface area contributed by atoms with E-state index in [4.69, 9.17) is 4.74 Å². The highest BCUT2D eigenvalue weighted by atomic mass is 16.5. The van der Waals surface area contributed by atoms with Crippen LogP contribution in [0.15, 0.2) is 0 Å². The van der Waals surface area contributed by atoms with Gasteiger partial charge in [-0.05, 0) is 12.8 Å². The summed E-state index contributed by atoms with van der Waals surface area (Å²) >= 11 is 0. The molecule has 0 aromatic heterocycles. The van der Waals surface area contributed by atoms with Crippen LogP contribution in [0, 0.1) is 0 Å². The van der Waals surface area contributed by atoms with E-state index in [0.29, 0.717) is 0 Å². The molecule has 0 aromatic carbocycles. The molecule has 0 fully saturated rings. The standard InChI is InChI=1S/C10H22O.C3H8/c1-3-5-7-9-11-10-8-6-4-2;1-3-2/h3-10H2,1-2H3;3H2,1-2H3. The van der Waals surface area contributed by atoms with Crippen molar-refractivity contribution in [1.82, 2.24) is 0 Å². The lowest BCUT2D eigenvalue weighted by Gasteiger charge is -2.01. The van der Waals surface area contributed by atoms with Gasteiger partial charge in [0.05, 0.1) is 0 Å². The van der Waals surface area contributed by atoms with Gasteiger partial charge in [0.25, 0.3) is 0 Å². The fourth-order valence-corrected chi connectivity index (χ4v) is 1.01. The van der Waals surface area contributed by atoms with Crippen molar-refractivity contribution in [3.63, 3.8) is 0 Å². The van der Waals surface area contributed by atoms with E-state index in [2.05, 4.69) is 27.7 Å². The van der Waals surface area contributed by atoms with Gasteiger partial charge in [0.15, 0.2) is 0 Å². The van der Waals surface area contributed by atoms with E-state index in [9.17, 15) is 0 Å². The lowest BCUT2D eigenvalue weighted by atomic mass is 10.2. The van der Waals surface area contributed by atoms with E-state index in [-0.39, 0.29) is 0 Å². The van der Waals surface area contributed by atoms with Crippen LogP contribution in [0.2, 0.25) is 0 Å². The van der Waals surface area contributed by atoms with Crippen molar-refractivity contribution in [1.29, 1.82) is 0 Å². The number of hydrogen-bond donors (Lipinski definition) is 0. The quantitative estimate of drug-likeness (QED) is 0.514. The molecule has 1 heteroatoms. The van der Waals surface area contributed by atoms with Gasteiger partial charge in [0.2, 0.25) is 0 Å². The van der Waals surface area contributed by atoms with Crippen LogP contribution in [0.1, 0.15) is 72.6 Å². The first kappa shape index (κ1) is 16.4. The normalized spacial score (nSPS) is 9.43. The zero-order chi connectivity index (χ0) is 11.1. The maximum atomic E-state index is 5.44. The Hall–Kier alpha value is -0.0400. The van der Waals surface area contributed by atoms with Gasteiger partial charge in [-0.25, -0.2) is 0 Å². The molecule has 1 nitrogen and oxygen atoms in total. The van der Waals surface area contributed by atoms with Gasteiger partial charge in [-0.1, -0.05) is 59.8 Å². The molecule has 0 spiro atoms. The van der Waals surface area contributed by atoms with Gasteiger partial charge in [0.1, 0.15) is 0 Å². The second kappa shape index (κ2) is 18.7. The van der Waals surface area contributed by atoms with Crippen molar-refractivity contribution in [2.75, 3.05) is 13.2 Å². The minimum Gasteiger partial charge on any atom is -0.381 e. The van der Waals surface area contributed by atoms with Crippen LogP contribution in [0.3, 0.4) is 0 Å². The fraction of sp³-hybridized carbons (Fsp3) is 1.00. The molecule has 0 heterocycles. The largest absolute Gasteiger partial charge is 0.381 e. The predicted octanol–water partition coefficient (Wildman–Crippen LogP) is 4.80. The van der Waals surface area contributed by atoms with Gasteiger partial charge < -0.3 is 4.74 Å². The molecule has 88 valence electrons. The Morgan fingerprint density at radius 3 is 1.29 bits per heavy atom. The molecule has 0 bridgehead atoms. The summed E-state index contributed by atoms with van der Waals surface area (Å²) in [6, 6.07) is 0. The summed E-state index contributed by atoms with van der Waals surface area (Å²) in [5.74, 6) is 0. The second-order valence-corrected chi connectivity index (χ2v) is 3.73. The predicted molar refractivity (Wildman–Crippen MR) is 65.8 cm³/mol. The van der Waals surface area contributed by atoms with Crippen LogP contribution in [-0.4, -0.2) is 13.2 Å². The summed E-state index contributed by atoms with van der Waals surface area (Å²) in [6.07, 6.45) is 8.93. The van der Waals surface area contributed by atoms with Crippen molar-refractivity contribution in [3.8, 4) is 0 Å². The summed E-state index contributed by atoms with van der Waals surface area (Å²) in [5.41, 5.74) is 0. The molecule has 0 aliphatic carbocycles. The Bertz CT molecular complexity index is 63.6.